The molecule has 0 aliphatic carbocycles. The summed E-state index contributed by atoms with van der Waals surface area (Å²) in [7, 11) is 1.76. The van der Waals surface area contributed by atoms with Crippen LogP contribution in [0.4, 0.5) is 5.69 Å². The molecule has 5 heteroatoms. The first kappa shape index (κ1) is 17.6. The molecule has 0 spiro atoms. The van der Waals surface area contributed by atoms with Crippen LogP contribution in [-0.2, 0) is 9.59 Å². The van der Waals surface area contributed by atoms with Gasteiger partial charge in [0.05, 0.1) is 5.69 Å². The third-order valence-electron chi connectivity index (χ3n) is 3.16. The van der Waals surface area contributed by atoms with E-state index in [0.29, 0.717) is 12.3 Å². The van der Waals surface area contributed by atoms with Gasteiger partial charge in [-0.3, -0.25) is 9.59 Å². The number of likely N-dealkylation sites (N-methyl/N-ethyl adjacent to an activating group) is 1. The summed E-state index contributed by atoms with van der Waals surface area (Å²) < 4.78 is 0. The molecule has 0 aliphatic heterocycles. The Morgan fingerprint density at radius 2 is 1.90 bits per heavy atom. The fourth-order valence-electron chi connectivity index (χ4n) is 2.20. The van der Waals surface area contributed by atoms with Crippen LogP contribution in [0.2, 0.25) is 0 Å². The molecule has 0 saturated carbocycles. The molecule has 0 aromatic heterocycles. The minimum atomic E-state index is -0.484. The van der Waals surface area contributed by atoms with E-state index >= 15 is 0 Å². The van der Waals surface area contributed by atoms with Gasteiger partial charge in [-0.05, 0) is 30.7 Å². The van der Waals surface area contributed by atoms with Crippen LogP contribution in [0, 0.1) is 5.92 Å². The minimum absolute atomic E-state index is 0.0830. The number of carbonyl (C=O) groups is 2. The zero-order chi connectivity index (χ0) is 16.0. The largest absolute Gasteiger partial charge is 0.345 e. The number of anilines is 1. The molecule has 21 heavy (non-hydrogen) atoms. The maximum absolute atomic E-state index is 12.7. The average Bonchev–Trinajstić information content (AvgIpc) is 2.44. The molecule has 116 valence electrons. The van der Waals surface area contributed by atoms with Gasteiger partial charge in [-0.25, -0.2) is 0 Å². The van der Waals surface area contributed by atoms with Crippen LogP contribution in [0.3, 0.4) is 0 Å². The summed E-state index contributed by atoms with van der Waals surface area (Å²) in [4.78, 5) is 26.7. The Hall–Kier alpha value is -1.49. The molecule has 0 aliphatic rings. The quantitative estimate of drug-likeness (QED) is 0.822. The molecule has 0 saturated heterocycles. The summed E-state index contributed by atoms with van der Waals surface area (Å²) in [5, 5.41) is 2.76. The van der Waals surface area contributed by atoms with E-state index in [2.05, 4.69) is 5.32 Å². The number of carbonyl (C=O) groups excluding carboxylic acids is 2. The molecular formula is C16H24N2O2S. The van der Waals surface area contributed by atoms with Crippen LogP contribution in [0.1, 0.15) is 27.2 Å². The molecule has 1 atom stereocenters. The van der Waals surface area contributed by atoms with Crippen LogP contribution in [0.5, 0.6) is 0 Å². The lowest BCUT2D eigenvalue weighted by Crippen LogP contribution is -2.47. The van der Waals surface area contributed by atoms with Gasteiger partial charge in [0.2, 0.25) is 11.8 Å². The Morgan fingerprint density at radius 1 is 1.29 bits per heavy atom. The van der Waals surface area contributed by atoms with Crippen molar-refractivity contribution in [3.8, 4) is 0 Å². The Labute approximate surface area is 131 Å². The molecule has 0 radical (unpaired) electrons. The van der Waals surface area contributed by atoms with Crippen LogP contribution in [0.15, 0.2) is 29.2 Å². The predicted molar refractivity (Wildman–Crippen MR) is 88.7 cm³/mol. The van der Waals surface area contributed by atoms with Crippen molar-refractivity contribution in [3.63, 3.8) is 0 Å². The van der Waals surface area contributed by atoms with Crippen LogP contribution in [-0.4, -0.2) is 31.2 Å². The van der Waals surface area contributed by atoms with E-state index < -0.39 is 6.04 Å². The highest BCUT2D eigenvalue weighted by Gasteiger charge is 2.25. The van der Waals surface area contributed by atoms with Gasteiger partial charge < -0.3 is 10.2 Å². The Morgan fingerprint density at radius 3 is 2.43 bits per heavy atom. The SMILES string of the molecule is CSc1ccccc1N(C)C(=O)[C@H](CC(C)C)NC(C)=O. The molecule has 0 unspecified atom stereocenters. The second-order valence-electron chi connectivity index (χ2n) is 5.45. The maximum atomic E-state index is 12.7. The van der Waals surface area contributed by atoms with Crippen LogP contribution < -0.4 is 10.2 Å². The zero-order valence-electron chi connectivity index (χ0n) is 13.3. The van der Waals surface area contributed by atoms with Gasteiger partial charge in [0, 0.05) is 18.9 Å². The molecule has 1 aromatic carbocycles. The second-order valence-corrected chi connectivity index (χ2v) is 6.30. The monoisotopic (exact) mass is 308 g/mol. The molecule has 1 N–H and O–H groups in total. The van der Waals surface area contributed by atoms with E-state index in [0.717, 1.165) is 10.6 Å². The Kier molecular flexibility index (Phi) is 6.75. The minimum Gasteiger partial charge on any atom is -0.345 e. The van der Waals surface area contributed by atoms with Crippen LogP contribution in [0.25, 0.3) is 0 Å². The highest BCUT2D eigenvalue weighted by molar-refractivity contribution is 7.98. The number of nitrogens with one attached hydrogen (secondary N) is 1. The van der Waals surface area contributed by atoms with Gasteiger partial charge in [-0.15, -0.1) is 11.8 Å². The van der Waals surface area contributed by atoms with Gasteiger partial charge in [0.25, 0.3) is 0 Å². The van der Waals surface area contributed by atoms with Gasteiger partial charge in [-0.2, -0.15) is 0 Å². The van der Waals surface area contributed by atoms with Crippen molar-refractivity contribution >= 4 is 29.3 Å². The number of nitrogens with zero attached hydrogens (tertiary/aromatic N) is 1. The summed E-state index contributed by atoms with van der Waals surface area (Å²) >= 11 is 1.60. The van der Waals surface area contributed by atoms with E-state index in [1.165, 1.54) is 6.92 Å². The van der Waals surface area contributed by atoms with E-state index in [-0.39, 0.29) is 11.8 Å². The Balaban J connectivity index is 2.98. The summed E-state index contributed by atoms with van der Waals surface area (Å²) in [6.07, 6.45) is 2.61. The lowest BCUT2D eigenvalue weighted by molar-refractivity contribution is -0.126. The lowest BCUT2D eigenvalue weighted by Gasteiger charge is -2.26. The van der Waals surface area contributed by atoms with Crippen molar-refractivity contribution in [2.45, 2.75) is 38.1 Å². The van der Waals surface area contributed by atoms with Crippen molar-refractivity contribution in [3.05, 3.63) is 24.3 Å². The van der Waals surface area contributed by atoms with E-state index in [1.807, 2.05) is 44.4 Å². The maximum Gasteiger partial charge on any atom is 0.249 e. The van der Waals surface area contributed by atoms with Crippen LogP contribution >= 0.6 is 11.8 Å². The second kappa shape index (κ2) is 8.08. The van der Waals surface area contributed by atoms with Crippen molar-refractivity contribution < 1.29 is 9.59 Å². The van der Waals surface area contributed by atoms with E-state index in [4.69, 9.17) is 0 Å². The molecule has 1 aromatic rings. The number of thioether (sulfide) groups is 1. The third-order valence-corrected chi connectivity index (χ3v) is 3.94. The molecule has 4 nitrogen and oxygen atoms in total. The number of benzene rings is 1. The van der Waals surface area contributed by atoms with E-state index in [9.17, 15) is 9.59 Å². The molecule has 0 bridgehead atoms. The molecule has 1 rings (SSSR count). The van der Waals surface area contributed by atoms with Crippen molar-refractivity contribution in [2.24, 2.45) is 5.92 Å². The first-order chi connectivity index (χ1) is 9.86. The van der Waals surface area contributed by atoms with Gasteiger partial charge >= 0.3 is 0 Å². The van der Waals surface area contributed by atoms with Crippen molar-refractivity contribution in [1.29, 1.82) is 0 Å². The zero-order valence-corrected chi connectivity index (χ0v) is 14.2. The van der Waals surface area contributed by atoms with Gasteiger partial charge in [0.1, 0.15) is 6.04 Å². The number of amides is 2. The predicted octanol–water partition coefficient (Wildman–Crippen LogP) is 2.92. The van der Waals surface area contributed by atoms with Gasteiger partial charge in [-0.1, -0.05) is 26.0 Å². The first-order valence-electron chi connectivity index (χ1n) is 7.04. The highest BCUT2D eigenvalue weighted by Crippen LogP contribution is 2.28. The number of para-hydroxylation sites is 1. The number of rotatable bonds is 6. The third kappa shape index (κ3) is 5.08. The topological polar surface area (TPSA) is 49.4 Å². The molecular weight excluding hydrogens is 284 g/mol. The van der Waals surface area contributed by atoms with Gasteiger partial charge in [0.15, 0.2) is 0 Å². The Bertz CT molecular complexity index is 503. The molecule has 0 heterocycles. The highest BCUT2D eigenvalue weighted by atomic mass is 32.2. The fourth-order valence-corrected chi connectivity index (χ4v) is 2.83. The molecule has 0 fully saturated rings. The number of hydrogen-bond donors (Lipinski definition) is 1. The number of hydrogen-bond acceptors (Lipinski definition) is 3. The van der Waals surface area contributed by atoms with Crippen molar-refractivity contribution in [2.75, 3.05) is 18.2 Å². The fraction of sp³-hybridized carbons (Fsp3) is 0.500. The summed E-state index contributed by atoms with van der Waals surface area (Å²) in [5.41, 5.74) is 0.870. The lowest BCUT2D eigenvalue weighted by atomic mass is 10.0. The first-order valence-corrected chi connectivity index (χ1v) is 8.27. The standard InChI is InChI=1S/C16H24N2O2S/c1-11(2)10-13(17-12(3)19)16(20)18(4)14-8-6-7-9-15(14)21-5/h6-9,11,13H,10H2,1-5H3,(H,17,19)/t13-/m0/s1. The summed E-state index contributed by atoms with van der Waals surface area (Å²) in [6.45, 7) is 5.52. The smallest absolute Gasteiger partial charge is 0.249 e. The van der Waals surface area contributed by atoms with Crippen molar-refractivity contribution in [1.82, 2.24) is 5.32 Å². The summed E-state index contributed by atoms with van der Waals surface area (Å²) in [5.74, 6) is 0.0657. The molecule has 2 amide bonds. The average molecular weight is 308 g/mol. The van der Waals surface area contributed by atoms with E-state index in [1.54, 1.807) is 23.7 Å². The summed E-state index contributed by atoms with van der Waals surface area (Å²) in [6, 6.07) is 7.29. The normalized spacial score (nSPS) is 12.1.